The molecule has 0 saturated heterocycles. The van der Waals surface area contributed by atoms with Crippen LogP contribution in [0.25, 0.3) is 11.1 Å². The van der Waals surface area contributed by atoms with Crippen molar-refractivity contribution in [1.29, 1.82) is 0 Å². The Kier molecular flexibility index (Phi) is 6.58. The Bertz CT molecular complexity index is 1210. The zero-order valence-electron chi connectivity index (χ0n) is 18.4. The summed E-state index contributed by atoms with van der Waals surface area (Å²) in [6.07, 6.45) is -0.717. The summed E-state index contributed by atoms with van der Waals surface area (Å²) >= 11 is 0. The topological polar surface area (TPSA) is 105 Å². The highest BCUT2D eigenvalue weighted by Gasteiger charge is 2.29. The number of alkyl carbamates (subject to hydrolysis) is 1. The fourth-order valence-corrected chi connectivity index (χ4v) is 4.15. The first-order chi connectivity index (χ1) is 16.3. The summed E-state index contributed by atoms with van der Waals surface area (Å²) in [7, 11) is 0. The zero-order chi connectivity index (χ0) is 24.2. The summed E-state index contributed by atoms with van der Waals surface area (Å²) in [4.78, 5) is 35.5. The predicted octanol–water partition coefficient (Wildman–Crippen LogP) is 4.78. The standard InChI is InChI=1S/C26H23FN2O5/c1-15(12-24(30)29-16-10-11-21(25(31)32)23(27)13-16)28-26(33)34-14-22-19-8-4-2-6-17(19)18-7-3-5-9-20(18)22/h2-11,13,15,22H,12,14H2,1H3,(H,28,33)(H,29,30)(H,31,32). The molecule has 1 unspecified atom stereocenters. The monoisotopic (exact) mass is 462 g/mol. The van der Waals surface area contributed by atoms with Crippen molar-refractivity contribution < 1.29 is 28.6 Å². The second-order valence-corrected chi connectivity index (χ2v) is 8.12. The number of aromatic carboxylic acids is 1. The van der Waals surface area contributed by atoms with E-state index >= 15 is 0 Å². The molecule has 3 aromatic rings. The molecule has 3 N–H and O–H groups in total. The van der Waals surface area contributed by atoms with E-state index in [0.717, 1.165) is 34.4 Å². The number of hydrogen-bond donors (Lipinski definition) is 3. The lowest BCUT2D eigenvalue weighted by molar-refractivity contribution is -0.116. The molecule has 0 heterocycles. The Balaban J connectivity index is 1.30. The normalized spacial score (nSPS) is 12.9. The molecule has 0 saturated carbocycles. The molecule has 8 heteroatoms. The van der Waals surface area contributed by atoms with E-state index in [9.17, 15) is 18.8 Å². The number of halogens is 1. The van der Waals surface area contributed by atoms with Crippen molar-refractivity contribution in [2.45, 2.75) is 25.3 Å². The minimum absolute atomic E-state index is 0.0691. The molecular weight excluding hydrogens is 439 g/mol. The third kappa shape index (κ3) is 4.91. The molecule has 174 valence electrons. The smallest absolute Gasteiger partial charge is 0.407 e. The highest BCUT2D eigenvalue weighted by Crippen LogP contribution is 2.44. The molecule has 4 rings (SSSR count). The second-order valence-electron chi connectivity index (χ2n) is 8.12. The first-order valence-corrected chi connectivity index (χ1v) is 10.8. The molecular formula is C26H23FN2O5. The highest BCUT2D eigenvalue weighted by molar-refractivity contribution is 5.93. The quantitative estimate of drug-likeness (QED) is 0.469. The molecule has 0 aliphatic heterocycles. The van der Waals surface area contributed by atoms with Gasteiger partial charge in [0, 0.05) is 24.1 Å². The lowest BCUT2D eigenvalue weighted by Crippen LogP contribution is -2.36. The number of carbonyl (C=O) groups is 3. The number of ether oxygens (including phenoxy) is 1. The SMILES string of the molecule is CC(CC(=O)Nc1ccc(C(=O)O)c(F)c1)NC(=O)OCC1c2ccccc2-c2ccccc21. The van der Waals surface area contributed by atoms with Gasteiger partial charge in [-0.15, -0.1) is 0 Å². The van der Waals surface area contributed by atoms with Gasteiger partial charge in [0.05, 0.1) is 5.56 Å². The van der Waals surface area contributed by atoms with Crippen molar-refractivity contribution in [3.63, 3.8) is 0 Å². The van der Waals surface area contributed by atoms with Gasteiger partial charge in [0.15, 0.2) is 0 Å². The Labute approximate surface area is 195 Å². The Morgan fingerprint density at radius 1 is 1.00 bits per heavy atom. The van der Waals surface area contributed by atoms with Gasteiger partial charge < -0.3 is 20.5 Å². The van der Waals surface area contributed by atoms with Crippen molar-refractivity contribution in [3.05, 3.63) is 89.2 Å². The van der Waals surface area contributed by atoms with Gasteiger partial charge in [-0.2, -0.15) is 0 Å². The van der Waals surface area contributed by atoms with Gasteiger partial charge in [0.25, 0.3) is 0 Å². The van der Waals surface area contributed by atoms with Crippen LogP contribution in [0.3, 0.4) is 0 Å². The number of carboxylic acids is 1. The first kappa shape index (κ1) is 23.0. The summed E-state index contributed by atoms with van der Waals surface area (Å²) in [5.41, 5.74) is 4.11. The van der Waals surface area contributed by atoms with Gasteiger partial charge in [-0.3, -0.25) is 4.79 Å². The lowest BCUT2D eigenvalue weighted by atomic mass is 9.98. The molecule has 1 atom stereocenters. The summed E-state index contributed by atoms with van der Waals surface area (Å²) in [5.74, 6) is -2.87. The Hall–Kier alpha value is -4.20. The fraction of sp³-hybridized carbons (Fsp3) is 0.192. The van der Waals surface area contributed by atoms with Gasteiger partial charge in [-0.1, -0.05) is 48.5 Å². The molecule has 2 amide bonds. The van der Waals surface area contributed by atoms with Crippen LogP contribution in [0.2, 0.25) is 0 Å². The van der Waals surface area contributed by atoms with Gasteiger partial charge >= 0.3 is 12.1 Å². The summed E-state index contributed by atoms with van der Waals surface area (Å²) in [6.45, 7) is 1.81. The highest BCUT2D eigenvalue weighted by atomic mass is 19.1. The summed E-state index contributed by atoms with van der Waals surface area (Å²) < 4.78 is 19.3. The van der Waals surface area contributed by atoms with Crippen LogP contribution in [0.15, 0.2) is 66.7 Å². The number of benzene rings is 3. The van der Waals surface area contributed by atoms with Crippen LogP contribution in [0.1, 0.15) is 40.7 Å². The number of nitrogens with one attached hydrogen (secondary N) is 2. The molecule has 34 heavy (non-hydrogen) atoms. The van der Waals surface area contributed by atoms with E-state index in [-0.39, 0.29) is 24.6 Å². The van der Waals surface area contributed by atoms with Gasteiger partial charge in [0.2, 0.25) is 5.91 Å². The molecule has 0 radical (unpaired) electrons. The molecule has 0 aromatic heterocycles. The fourth-order valence-electron chi connectivity index (χ4n) is 4.15. The van der Waals surface area contributed by atoms with Gasteiger partial charge in [-0.05, 0) is 47.4 Å². The number of anilines is 1. The number of amides is 2. The predicted molar refractivity (Wildman–Crippen MR) is 124 cm³/mol. The average molecular weight is 462 g/mol. The van der Waals surface area contributed by atoms with Crippen molar-refractivity contribution in [3.8, 4) is 11.1 Å². The minimum atomic E-state index is -1.39. The molecule has 1 aliphatic rings. The molecule has 3 aromatic carbocycles. The van der Waals surface area contributed by atoms with E-state index < -0.39 is 35.4 Å². The van der Waals surface area contributed by atoms with Crippen LogP contribution in [0, 0.1) is 5.82 Å². The first-order valence-electron chi connectivity index (χ1n) is 10.8. The molecule has 1 aliphatic carbocycles. The lowest BCUT2D eigenvalue weighted by Gasteiger charge is -2.17. The summed E-state index contributed by atoms with van der Waals surface area (Å²) in [6, 6.07) is 18.8. The third-order valence-electron chi connectivity index (χ3n) is 5.68. The average Bonchev–Trinajstić information content (AvgIpc) is 3.11. The van der Waals surface area contributed by atoms with E-state index in [2.05, 4.69) is 22.8 Å². The van der Waals surface area contributed by atoms with Crippen LogP contribution < -0.4 is 10.6 Å². The molecule has 7 nitrogen and oxygen atoms in total. The maximum atomic E-state index is 13.8. The molecule has 0 spiro atoms. The summed E-state index contributed by atoms with van der Waals surface area (Å²) in [5, 5.41) is 14.0. The number of hydrogen-bond acceptors (Lipinski definition) is 4. The van der Waals surface area contributed by atoms with Crippen LogP contribution >= 0.6 is 0 Å². The van der Waals surface area contributed by atoms with Crippen LogP contribution in [0.4, 0.5) is 14.9 Å². The maximum absolute atomic E-state index is 13.8. The van der Waals surface area contributed by atoms with Gasteiger partial charge in [-0.25, -0.2) is 14.0 Å². The van der Waals surface area contributed by atoms with Crippen LogP contribution in [-0.2, 0) is 9.53 Å². The zero-order valence-corrected chi connectivity index (χ0v) is 18.4. The Morgan fingerprint density at radius 2 is 1.62 bits per heavy atom. The number of carboxylic acid groups (broad SMARTS) is 1. The number of rotatable bonds is 7. The van der Waals surface area contributed by atoms with Crippen molar-refractivity contribution in [2.24, 2.45) is 0 Å². The van der Waals surface area contributed by atoms with E-state index in [0.29, 0.717) is 0 Å². The number of carbonyl (C=O) groups excluding carboxylic acids is 2. The van der Waals surface area contributed by atoms with Crippen LogP contribution in [-0.4, -0.2) is 35.7 Å². The van der Waals surface area contributed by atoms with E-state index in [1.807, 2.05) is 36.4 Å². The maximum Gasteiger partial charge on any atom is 0.407 e. The minimum Gasteiger partial charge on any atom is -0.478 e. The third-order valence-corrected chi connectivity index (χ3v) is 5.68. The van der Waals surface area contributed by atoms with E-state index in [1.165, 1.54) is 6.07 Å². The second kappa shape index (κ2) is 9.74. The largest absolute Gasteiger partial charge is 0.478 e. The van der Waals surface area contributed by atoms with Crippen molar-refractivity contribution in [1.82, 2.24) is 5.32 Å². The van der Waals surface area contributed by atoms with Crippen molar-refractivity contribution in [2.75, 3.05) is 11.9 Å². The van der Waals surface area contributed by atoms with Crippen molar-refractivity contribution >= 4 is 23.7 Å². The van der Waals surface area contributed by atoms with E-state index in [1.54, 1.807) is 6.92 Å². The van der Waals surface area contributed by atoms with Crippen LogP contribution in [0.5, 0.6) is 0 Å². The number of fused-ring (bicyclic) bond motifs is 3. The molecule has 0 bridgehead atoms. The van der Waals surface area contributed by atoms with E-state index in [4.69, 9.17) is 9.84 Å². The molecule has 0 fully saturated rings. The Morgan fingerprint density at radius 3 is 2.21 bits per heavy atom. The van der Waals surface area contributed by atoms with Gasteiger partial charge in [0.1, 0.15) is 12.4 Å².